The normalized spacial score (nSPS) is 17.7. The molecule has 3 amide bonds. The zero-order valence-electron chi connectivity index (χ0n) is 18.8. The van der Waals surface area contributed by atoms with E-state index in [0.29, 0.717) is 38.9 Å². The Morgan fingerprint density at radius 2 is 1.74 bits per heavy atom. The fourth-order valence-corrected chi connectivity index (χ4v) is 6.22. The number of hydrogen-bond acceptors (Lipinski definition) is 5. The molecule has 0 atom stereocenters. The Labute approximate surface area is 224 Å². The first kappa shape index (κ1) is 25.9. The molecular formula is C25H23Br2FN2O4S. The van der Waals surface area contributed by atoms with Gasteiger partial charge in [0.15, 0.2) is 0 Å². The van der Waals surface area contributed by atoms with Gasteiger partial charge in [-0.1, -0.05) is 25.0 Å². The van der Waals surface area contributed by atoms with Crippen molar-refractivity contribution in [1.82, 2.24) is 9.80 Å². The van der Waals surface area contributed by atoms with Crippen molar-refractivity contribution < 1.29 is 23.5 Å². The van der Waals surface area contributed by atoms with Crippen LogP contribution in [0.5, 0.6) is 5.75 Å². The van der Waals surface area contributed by atoms with Gasteiger partial charge < -0.3 is 9.64 Å². The molecule has 2 fully saturated rings. The lowest BCUT2D eigenvalue weighted by molar-refractivity contribution is -0.135. The third-order valence-electron chi connectivity index (χ3n) is 5.72. The van der Waals surface area contributed by atoms with Gasteiger partial charge in [0, 0.05) is 13.1 Å². The molecule has 0 aromatic heterocycles. The maximum Gasteiger partial charge on any atom is 0.294 e. The molecule has 0 radical (unpaired) electrons. The molecule has 0 bridgehead atoms. The number of rotatable bonds is 6. The van der Waals surface area contributed by atoms with Gasteiger partial charge in [-0.3, -0.25) is 19.3 Å². The predicted octanol–water partition coefficient (Wildman–Crippen LogP) is 6.37. The van der Waals surface area contributed by atoms with Crippen LogP contribution in [-0.4, -0.2) is 46.5 Å². The largest absolute Gasteiger partial charge is 0.487 e. The van der Waals surface area contributed by atoms with Crippen molar-refractivity contribution in [2.45, 2.75) is 32.3 Å². The molecule has 6 nitrogen and oxygen atoms in total. The highest BCUT2D eigenvalue weighted by Crippen LogP contribution is 2.38. The van der Waals surface area contributed by atoms with Crippen LogP contribution >= 0.6 is 43.6 Å². The van der Waals surface area contributed by atoms with Crippen LogP contribution in [0.3, 0.4) is 0 Å². The molecule has 4 rings (SSSR count). The zero-order chi connectivity index (χ0) is 24.9. The Morgan fingerprint density at radius 3 is 2.40 bits per heavy atom. The minimum atomic E-state index is -0.471. The quantitative estimate of drug-likeness (QED) is 0.349. The first-order chi connectivity index (χ1) is 16.8. The molecule has 2 aromatic rings. The SMILES string of the molecule is O=C(CN1C(=O)SC(=Cc2cc(Br)c(OCc3cccc(F)c3)c(Br)c2)C1=O)N1CCCCCC1. The molecule has 10 heteroatoms. The van der Waals surface area contributed by atoms with Crippen LogP contribution < -0.4 is 4.74 Å². The Bertz CT molecular complexity index is 1160. The van der Waals surface area contributed by atoms with E-state index in [4.69, 9.17) is 4.74 Å². The van der Waals surface area contributed by atoms with Gasteiger partial charge in [-0.15, -0.1) is 0 Å². The van der Waals surface area contributed by atoms with E-state index >= 15 is 0 Å². The number of carbonyl (C=O) groups is 3. The second-order valence-corrected chi connectivity index (χ2v) is 11.0. The van der Waals surface area contributed by atoms with E-state index in [9.17, 15) is 18.8 Å². The molecular weight excluding hydrogens is 603 g/mol. The molecule has 0 saturated carbocycles. The third-order valence-corrected chi connectivity index (χ3v) is 7.80. The van der Waals surface area contributed by atoms with Crippen LogP contribution in [0.1, 0.15) is 36.8 Å². The van der Waals surface area contributed by atoms with Gasteiger partial charge in [0.2, 0.25) is 5.91 Å². The summed E-state index contributed by atoms with van der Waals surface area (Å²) in [6.07, 6.45) is 5.69. The minimum Gasteiger partial charge on any atom is -0.487 e. The average molecular weight is 626 g/mol. The summed E-state index contributed by atoms with van der Waals surface area (Å²) >= 11 is 7.78. The van der Waals surface area contributed by atoms with E-state index in [1.807, 2.05) is 0 Å². The number of hydrogen-bond donors (Lipinski definition) is 0. The summed E-state index contributed by atoms with van der Waals surface area (Å²) in [5.74, 6) is -0.466. The van der Waals surface area contributed by atoms with E-state index < -0.39 is 11.1 Å². The monoisotopic (exact) mass is 624 g/mol. The van der Waals surface area contributed by atoms with Crippen LogP contribution in [0.2, 0.25) is 0 Å². The summed E-state index contributed by atoms with van der Waals surface area (Å²) in [7, 11) is 0. The number of carbonyl (C=O) groups excluding carboxylic acids is 3. The van der Waals surface area contributed by atoms with Gasteiger partial charge in [0.25, 0.3) is 11.1 Å². The van der Waals surface area contributed by atoms with Crippen LogP contribution in [0.4, 0.5) is 9.18 Å². The van der Waals surface area contributed by atoms with Gasteiger partial charge in [0.05, 0.1) is 13.9 Å². The fourth-order valence-electron chi connectivity index (χ4n) is 3.93. The van der Waals surface area contributed by atoms with Crippen molar-refractivity contribution in [3.8, 4) is 5.75 Å². The molecule has 0 unspecified atom stereocenters. The summed E-state index contributed by atoms with van der Waals surface area (Å²) in [6.45, 7) is 1.28. The van der Waals surface area contributed by atoms with Crippen molar-refractivity contribution in [3.05, 3.63) is 67.2 Å². The second kappa shape index (κ2) is 11.7. The Morgan fingerprint density at radius 1 is 1.06 bits per heavy atom. The van der Waals surface area contributed by atoms with Gasteiger partial charge in [-0.2, -0.15) is 0 Å². The number of imide groups is 1. The first-order valence-electron chi connectivity index (χ1n) is 11.2. The van der Waals surface area contributed by atoms with Crippen molar-refractivity contribution in [3.63, 3.8) is 0 Å². The second-order valence-electron chi connectivity index (χ2n) is 8.30. The van der Waals surface area contributed by atoms with Gasteiger partial charge in [-0.25, -0.2) is 4.39 Å². The molecule has 2 aromatic carbocycles. The zero-order valence-corrected chi connectivity index (χ0v) is 22.8. The lowest BCUT2D eigenvalue weighted by atomic mass is 10.2. The minimum absolute atomic E-state index is 0.179. The number of thioether (sulfide) groups is 1. The molecule has 35 heavy (non-hydrogen) atoms. The highest BCUT2D eigenvalue weighted by Gasteiger charge is 2.37. The van der Waals surface area contributed by atoms with E-state index in [1.165, 1.54) is 12.1 Å². The Kier molecular flexibility index (Phi) is 8.67. The number of nitrogens with zero attached hydrogens (tertiary/aromatic N) is 2. The Hall–Kier alpha value is -2.17. The maximum atomic E-state index is 13.4. The van der Waals surface area contributed by atoms with Gasteiger partial charge in [0.1, 0.15) is 24.7 Å². The van der Waals surface area contributed by atoms with Crippen molar-refractivity contribution >= 4 is 66.8 Å². The number of amides is 3. The van der Waals surface area contributed by atoms with E-state index in [-0.39, 0.29) is 29.8 Å². The molecule has 0 aliphatic carbocycles. The molecule has 184 valence electrons. The molecule has 2 aliphatic heterocycles. The van der Waals surface area contributed by atoms with Crippen LogP contribution in [0.25, 0.3) is 6.08 Å². The molecule has 2 heterocycles. The first-order valence-corrected chi connectivity index (χ1v) is 13.6. The van der Waals surface area contributed by atoms with Crippen molar-refractivity contribution in [1.29, 1.82) is 0 Å². The lowest BCUT2D eigenvalue weighted by Gasteiger charge is -2.22. The molecule has 2 aliphatic rings. The van der Waals surface area contributed by atoms with E-state index in [1.54, 1.807) is 35.2 Å². The third kappa shape index (κ3) is 6.54. The predicted molar refractivity (Wildman–Crippen MR) is 140 cm³/mol. The van der Waals surface area contributed by atoms with Crippen molar-refractivity contribution in [2.75, 3.05) is 19.6 Å². The van der Waals surface area contributed by atoms with Gasteiger partial charge >= 0.3 is 0 Å². The summed E-state index contributed by atoms with van der Waals surface area (Å²) in [5, 5.41) is -0.447. The summed E-state index contributed by atoms with van der Waals surface area (Å²) in [5.41, 5.74) is 1.36. The topological polar surface area (TPSA) is 66.9 Å². The molecule has 0 spiro atoms. The highest BCUT2D eigenvalue weighted by atomic mass is 79.9. The number of benzene rings is 2. The maximum absolute atomic E-state index is 13.4. The Balaban J connectivity index is 1.44. The number of halogens is 3. The molecule has 0 N–H and O–H groups in total. The van der Waals surface area contributed by atoms with Gasteiger partial charge in [-0.05, 0) is 97.9 Å². The lowest BCUT2D eigenvalue weighted by Crippen LogP contribution is -2.42. The smallest absolute Gasteiger partial charge is 0.294 e. The fraction of sp³-hybridized carbons (Fsp3) is 0.320. The van der Waals surface area contributed by atoms with Crippen LogP contribution in [-0.2, 0) is 16.2 Å². The van der Waals surface area contributed by atoms with Crippen LogP contribution in [0, 0.1) is 5.82 Å². The van der Waals surface area contributed by atoms with E-state index in [2.05, 4.69) is 31.9 Å². The summed E-state index contributed by atoms with van der Waals surface area (Å²) in [6, 6.07) is 9.70. The highest BCUT2D eigenvalue weighted by molar-refractivity contribution is 9.11. The number of likely N-dealkylation sites (tertiary alicyclic amines) is 1. The summed E-state index contributed by atoms with van der Waals surface area (Å²) < 4.78 is 20.5. The molecule has 2 saturated heterocycles. The average Bonchev–Trinajstić information content (AvgIpc) is 3.00. The van der Waals surface area contributed by atoms with E-state index in [0.717, 1.165) is 42.3 Å². The number of ether oxygens (including phenoxy) is 1. The standard InChI is InChI=1S/C25H23Br2FN2O4S/c26-19-11-17(12-20(27)23(19)34-15-16-6-5-7-18(28)10-16)13-21-24(32)30(25(33)35-21)14-22(31)29-8-3-1-2-4-9-29/h5-7,10-13H,1-4,8-9,14-15H2. The van der Waals surface area contributed by atoms with Crippen LogP contribution in [0.15, 0.2) is 50.2 Å². The van der Waals surface area contributed by atoms with Crippen molar-refractivity contribution in [2.24, 2.45) is 0 Å². The summed E-state index contributed by atoms with van der Waals surface area (Å²) in [4.78, 5) is 41.1.